The molecule has 24 heavy (non-hydrogen) atoms. The van der Waals surface area contributed by atoms with Gasteiger partial charge in [-0.2, -0.15) is 0 Å². The maximum Gasteiger partial charge on any atom is 0.251 e. The van der Waals surface area contributed by atoms with Crippen LogP contribution in [0.1, 0.15) is 49.4 Å². The van der Waals surface area contributed by atoms with E-state index in [0.29, 0.717) is 23.2 Å². The smallest absolute Gasteiger partial charge is 0.251 e. The van der Waals surface area contributed by atoms with Gasteiger partial charge in [0.2, 0.25) is 5.91 Å². The van der Waals surface area contributed by atoms with E-state index >= 15 is 0 Å². The van der Waals surface area contributed by atoms with Crippen LogP contribution in [-0.2, 0) is 4.79 Å². The monoisotopic (exact) mass is 329 g/mol. The molecule has 0 saturated carbocycles. The third-order valence-corrected chi connectivity index (χ3v) is 5.22. The van der Waals surface area contributed by atoms with Crippen molar-refractivity contribution in [2.75, 3.05) is 25.0 Å². The first-order valence-corrected chi connectivity index (χ1v) is 9.03. The minimum absolute atomic E-state index is 0.0303. The Kier molecular flexibility index (Phi) is 5.51. The summed E-state index contributed by atoms with van der Waals surface area (Å²) < 4.78 is 0. The number of rotatable bonds is 4. The van der Waals surface area contributed by atoms with E-state index in [1.807, 2.05) is 0 Å². The molecule has 0 bridgehead atoms. The van der Waals surface area contributed by atoms with Gasteiger partial charge in [0.05, 0.1) is 0 Å². The predicted octanol–water partition coefficient (Wildman–Crippen LogP) is 2.64. The molecule has 3 rings (SSSR count). The second kappa shape index (κ2) is 7.79. The van der Waals surface area contributed by atoms with Gasteiger partial charge in [-0.25, -0.2) is 0 Å². The Hall–Kier alpha value is -1.88. The molecule has 0 aliphatic carbocycles. The van der Waals surface area contributed by atoms with Gasteiger partial charge in [-0.1, -0.05) is 6.42 Å². The fraction of sp³-hybridized carbons (Fsp3) is 0.579. The molecule has 0 radical (unpaired) electrons. The molecule has 2 aliphatic heterocycles. The van der Waals surface area contributed by atoms with E-state index in [2.05, 4.69) is 15.5 Å². The van der Waals surface area contributed by atoms with Crippen LogP contribution in [0.15, 0.2) is 24.3 Å². The molecular formula is C19H27N3O2. The molecule has 5 nitrogen and oxygen atoms in total. The zero-order valence-corrected chi connectivity index (χ0v) is 14.4. The summed E-state index contributed by atoms with van der Waals surface area (Å²) in [5.41, 5.74) is 1.35. The number of fused-ring (bicyclic) bond motifs is 1. The number of nitrogens with zero attached hydrogens (tertiary/aromatic N) is 1. The molecule has 2 amide bonds. The van der Waals surface area contributed by atoms with Crippen molar-refractivity contribution in [1.29, 1.82) is 0 Å². The van der Waals surface area contributed by atoms with Crippen LogP contribution in [0.2, 0.25) is 0 Å². The number of piperidine rings is 2. The molecule has 2 heterocycles. The molecule has 130 valence electrons. The van der Waals surface area contributed by atoms with Gasteiger partial charge in [0.15, 0.2) is 0 Å². The molecule has 5 heteroatoms. The van der Waals surface area contributed by atoms with Crippen molar-refractivity contribution in [3.8, 4) is 0 Å². The molecule has 2 atom stereocenters. The predicted molar refractivity (Wildman–Crippen MR) is 95.0 cm³/mol. The quantitative estimate of drug-likeness (QED) is 0.893. The van der Waals surface area contributed by atoms with Gasteiger partial charge in [0.25, 0.3) is 5.91 Å². The first kappa shape index (κ1) is 17.0. The van der Waals surface area contributed by atoms with E-state index in [-0.39, 0.29) is 11.8 Å². The Balaban J connectivity index is 1.53. The van der Waals surface area contributed by atoms with Crippen molar-refractivity contribution >= 4 is 17.5 Å². The van der Waals surface area contributed by atoms with E-state index in [0.717, 1.165) is 6.54 Å². The second-order valence-electron chi connectivity index (χ2n) is 6.97. The first-order chi connectivity index (χ1) is 11.6. The SMILES string of the molecule is CC(=O)Nc1ccc(C(=O)NC[C@@H]2CCCN3CCCC[C@H]23)cc1. The summed E-state index contributed by atoms with van der Waals surface area (Å²) in [5, 5.41) is 5.82. The van der Waals surface area contributed by atoms with Gasteiger partial charge in [0, 0.05) is 30.8 Å². The highest BCUT2D eigenvalue weighted by Gasteiger charge is 2.32. The van der Waals surface area contributed by atoms with E-state index in [9.17, 15) is 9.59 Å². The van der Waals surface area contributed by atoms with E-state index in [1.165, 1.54) is 52.1 Å². The van der Waals surface area contributed by atoms with Crippen LogP contribution in [0.5, 0.6) is 0 Å². The summed E-state index contributed by atoms with van der Waals surface area (Å²) in [6, 6.07) is 7.69. The molecule has 2 fully saturated rings. The molecule has 0 aromatic heterocycles. The molecule has 1 aromatic rings. The molecule has 0 spiro atoms. The average Bonchev–Trinajstić information content (AvgIpc) is 2.59. The molecule has 2 aliphatic rings. The molecular weight excluding hydrogens is 302 g/mol. The van der Waals surface area contributed by atoms with Gasteiger partial charge in [-0.3, -0.25) is 9.59 Å². The largest absolute Gasteiger partial charge is 0.352 e. The number of anilines is 1. The van der Waals surface area contributed by atoms with Crippen molar-refractivity contribution < 1.29 is 9.59 Å². The molecule has 2 saturated heterocycles. The van der Waals surface area contributed by atoms with Crippen molar-refractivity contribution in [1.82, 2.24) is 10.2 Å². The van der Waals surface area contributed by atoms with Crippen molar-refractivity contribution in [3.05, 3.63) is 29.8 Å². The number of carbonyl (C=O) groups excluding carboxylic acids is 2. The van der Waals surface area contributed by atoms with Crippen LogP contribution in [0, 0.1) is 5.92 Å². The number of amides is 2. The maximum absolute atomic E-state index is 12.4. The fourth-order valence-electron chi connectivity index (χ4n) is 4.05. The number of carbonyl (C=O) groups is 2. The molecule has 0 unspecified atom stereocenters. The summed E-state index contributed by atoms with van der Waals surface area (Å²) in [4.78, 5) is 26.0. The third-order valence-electron chi connectivity index (χ3n) is 5.22. The van der Waals surface area contributed by atoms with E-state index in [1.54, 1.807) is 24.3 Å². The lowest BCUT2D eigenvalue weighted by Crippen LogP contribution is -2.51. The standard InChI is InChI=1S/C19H27N3O2/c1-14(23)21-17-9-7-15(8-10-17)19(24)20-13-16-5-4-12-22-11-3-2-6-18(16)22/h7-10,16,18H,2-6,11-13H2,1H3,(H,20,24)(H,21,23)/t16-,18+/m0/s1. The lowest BCUT2D eigenvalue weighted by atomic mass is 9.83. The van der Waals surface area contributed by atoms with Crippen LogP contribution in [-0.4, -0.2) is 42.4 Å². The Bertz CT molecular complexity index is 583. The van der Waals surface area contributed by atoms with Gasteiger partial charge < -0.3 is 15.5 Å². The Morgan fingerprint density at radius 1 is 1.08 bits per heavy atom. The van der Waals surface area contributed by atoms with Crippen LogP contribution in [0.3, 0.4) is 0 Å². The third kappa shape index (κ3) is 4.15. The average molecular weight is 329 g/mol. The normalized spacial score (nSPS) is 24.0. The molecule has 1 aromatic carbocycles. The van der Waals surface area contributed by atoms with E-state index < -0.39 is 0 Å². The topological polar surface area (TPSA) is 61.4 Å². The summed E-state index contributed by atoms with van der Waals surface area (Å²) in [6.45, 7) is 4.67. The Morgan fingerprint density at radius 3 is 2.58 bits per heavy atom. The number of hydrogen-bond donors (Lipinski definition) is 2. The fourth-order valence-corrected chi connectivity index (χ4v) is 4.05. The highest BCUT2D eigenvalue weighted by atomic mass is 16.2. The zero-order chi connectivity index (χ0) is 16.9. The first-order valence-electron chi connectivity index (χ1n) is 9.03. The maximum atomic E-state index is 12.4. The highest BCUT2D eigenvalue weighted by molar-refractivity contribution is 5.95. The Labute approximate surface area is 143 Å². The molecule has 2 N–H and O–H groups in total. The summed E-state index contributed by atoms with van der Waals surface area (Å²) in [5.74, 6) is 0.431. The minimum atomic E-state index is -0.110. The van der Waals surface area contributed by atoms with Crippen molar-refractivity contribution in [3.63, 3.8) is 0 Å². The Morgan fingerprint density at radius 2 is 1.83 bits per heavy atom. The van der Waals surface area contributed by atoms with Gasteiger partial charge in [-0.15, -0.1) is 0 Å². The lowest BCUT2D eigenvalue weighted by Gasteiger charge is -2.44. The van der Waals surface area contributed by atoms with Crippen LogP contribution >= 0.6 is 0 Å². The van der Waals surface area contributed by atoms with Crippen LogP contribution in [0.25, 0.3) is 0 Å². The van der Waals surface area contributed by atoms with Crippen molar-refractivity contribution in [2.45, 2.75) is 45.1 Å². The second-order valence-corrected chi connectivity index (χ2v) is 6.97. The van der Waals surface area contributed by atoms with Crippen LogP contribution in [0.4, 0.5) is 5.69 Å². The van der Waals surface area contributed by atoms with Crippen molar-refractivity contribution in [2.24, 2.45) is 5.92 Å². The number of hydrogen-bond acceptors (Lipinski definition) is 3. The summed E-state index contributed by atoms with van der Waals surface area (Å²) in [7, 11) is 0. The van der Waals surface area contributed by atoms with Crippen LogP contribution < -0.4 is 10.6 Å². The highest BCUT2D eigenvalue weighted by Crippen LogP contribution is 2.30. The van der Waals surface area contributed by atoms with Gasteiger partial charge in [0.1, 0.15) is 0 Å². The van der Waals surface area contributed by atoms with Gasteiger partial charge in [-0.05, 0) is 69.0 Å². The van der Waals surface area contributed by atoms with Gasteiger partial charge >= 0.3 is 0 Å². The van der Waals surface area contributed by atoms with E-state index in [4.69, 9.17) is 0 Å². The summed E-state index contributed by atoms with van der Waals surface area (Å²) >= 11 is 0. The summed E-state index contributed by atoms with van der Waals surface area (Å²) in [6.07, 6.45) is 6.35. The zero-order valence-electron chi connectivity index (χ0n) is 14.4. The minimum Gasteiger partial charge on any atom is -0.352 e. The lowest BCUT2D eigenvalue weighted by molar-refractivity contribution is -0.114. The number of nitrogens with one attached hydrogen (secondary N) is 2. The number of benzene rings is 1.